The van der Waals surface area contributed by atoms with Gasteiger partial charge in [-0.25, -0.2) is 0 Å². The van der Waals surface area contributed by atoms with E-state index in [9.17, 15) is 9.59 Å². The Morgan fingerprint density at radius 3 is 2.75 bits per heavy atom. The van der Waals surface area contributed by atoms with E-state index in [1.54, 1.807) is 0 Å². The van der Waals surface area contributed by atoms with Crippen molar-refractivity contribution in [3.63, 3.8) is 0 Å². The van der Waals surface area contributed by atoms with Crippen molar-refractivity contribution < 1.29 is 9.59 Å². The van der Waals surface area contributed by atoms with Gasteiger partial charge in [0.25, 0.3) is 5.91 Å². The minimum atomic E-state index is -0.101. The smallest absolute Gasteiger partial charge is 0.270 e. The van der Waals surface area contributed by atoms with Gasteiger partial charge in [-0.1, -0.05) is 13.3 Å². The Hall–Kier alpha value is -1.30. The van der Waals surface area contributed by atoms with Crippen LogP contribution in [-0.2, 0) is 11.3 Å². The molecule has 1 fully saturated rings. The summed E-state index contributed by atoms with van der Waals surface area (Å²) < 4.78 is 2.86. The molecule has 0 bridgehead atoms. The van der Waals surface area contributed by atoms with Gasteiger partial charge in [-0.2, -0.15) is 0 Å². The Morgan fingerprint density at radius 2 is 2.08 bits per heavy atom. The number of piperidine rings is 1. The van der Waals surface area contributed by atoms with Gasteiger partial charge in [-0.05, 0) is 55.1 Å². The largest absolute Gasteiger partial charge is 0.356 e. The van der Waals surface area contributed by atoms with Crippen LogP contribution in [-0.4, -0.2) is 40.4 Å². The SMILES string of the molecule is CCCCNC(=O)C1CCC(C)N(C(=O)c2cc(Br)cn2CC)C1. The van der Waals surface area contributed by atoms with Gasteiger partial charge in [0.15, 0.2) is 0 Å². The maximum atomic E-state index is 13.0. The molecule has 0 saturated carbocycles. The third kappa shape index (κ3) is 4.41. The van der Waals surface area contributed by atoms with E-state index >= 15 is 0 Å². The van der Waals surface area contributed by atoms with Crippen molar-refractivity contribution in [1.29, 1.82) is 0 Å². The van der Waals surface area contributed by atoms with Crippen LogP contribution in [0.1, 0.15) is 56.9 Å². The van der Waals surface area contributed by atoms with Gasteiger partial charge in [0.05, 0.1) is 5.92 Å². The molecule has 1 aromatic heterocycles. The molecule has 1 aromatic rings. The second-order valence-electron chi connectivity index (χ2n) is 6.55. The lowest BCUT2D eigenvalue weighted by Crippen LogP contribution is -2.49. The molecule has 6 heteroatoms. The second kappa shape index (κ2) is 8.70. The van der Waals surface area contributed by atoms with Crippen molar-refractivity contribution in [2.45, 2.75) is 59.0 Å². The highest BCUT2D eigenvalue weighted by Gasteiger charge is 2.33. The summed E-state index contributed by atoms with van der Waals surface area (Å²) in [4.78, 5) is 27.2. The van der Waals surface area contributed by atoms with E-state index in [4.69, 9.17) is 0 Å². The fraction of sp³-hybridized carbons (Fsp3) is 0.667. The minimum Gasteiger partial charge on any atom is -0.356 e. The summed E-state index contributed by atoms with van der Waals surface area (Å²) >= 11 is 3.45. The zero-order valence-corrected chi connectivity index (χ0v) is 16.4. The summed E-state index contributed by atoms with van der Waals surface area (Å²) in [7, 11) is 0. The first kappa shape index (κ1) is 19.0. The van der Waals surface area contributed by atoms with Gasteiger partial charge in [0.1, 0.15) is 5.69 Å². The van der Waals surface area contributed by atoms with Crippen molar-refractivity contribution in [3.8, 4) is 0 Å². The van der Waals surface area contributed by atoms with E-state index in [0.29, 0.717) is 12.2 Å². The summed E-state index contributed by atoms with van der Waals surface area (Å²) in [5, 5.41) is 3.00. The molecular weight excluding hydrogens is 370 g/mol. The molecule has 2 rings (SSSR count). The summed E-state index contributed by atoms with van der Waals surface area (Å²) in [6.45, 7) is 8.17. The van der Waals surface area contributed by atoms with Crippen LogP contribution in [0.25, 0.3) is 0 Å². The van der Waals surface area contributed by atoms with Crippen LogP contribution in [0.15, 0.2) is 16.7 Å². The number of rotatable bonds is 6. The van der Waals surface area contributed by atoms with Gasteiger partial charge in [-0.3, -0.25) is 9.59 Å². The molecule has 1 saturated heterocycles. The Balaban J connectivity index is 2.07. The van der Waals surface area contributed by atoms with E-state index in [1.165, 1.54) is 0 Å². The fourth-order valence-corrected chi connectivity index (χ4v) is 3.66. The van der Waals surface area contributed by atoms with Crippen molar-refractivity contribution in [1.82, 2.24) is 14.8 Å². The van der Waals surface area contributed by atoms with E-state index < -0.39 is 0 Å². The van der Waals surface area contributed by atoms with Crippen molar-refractivity contribution in [2.75, 3.05) is 13.1 Å². The summed E-state index contributed by atoms with van der Waals surface area (Å²) in [5.74, 6) is -0.00296. The topological polar surface area (TPSA) is 54.3 Å². The summed E-state index contributed by atoms with van der Waals surface area (Å²) in [5.41, 5.74) is 0.684. The molecule has 2 unspecified atom stereocenters. The molecule has 2 atom stereocenters. The number of unbranched alkanes of at least 4 members (excludes halogenated alkanes) is 1. The lowest BCUT2D eigenvalue weighted by molar-refractivity contribution is -0.126. The molecule has 2 heterocycles. The van der Waals surface area contributed by atoms with Crippen LogP contribution < -0.4 is 5.32 Å². The molecule has 134 valence electrons. The molecule has 0 spiro atoms. The quantitative estimate of drug-likeness (QED) is 0.747. The lowest BCUT2D eigenvalue weighted by atomic mass is 9.92. The number of halogens is 1. The van der Waals surface area contributed by atoms with Crippen LogP contribution in [0.4, 0.5) is 0 Å². The van der Waals surface area contributed by atoms with Crippen LogP contribution in [0.5, 0.6) is 0 Å². The number of aryl methyl sites for hydroxylation is 1. The number of hydrogen-bond acceptors (Lipinski definition) is 2. The van der Waals surface area contributed by atoms with Gasteiger partial charge >= 0.3 is 0 Å². The monoisotopic (exact) mass is 397 g/mol. The van der Waals surface area contributed by atoms with E-state index in [2.05, 4.69) is 35.1 Å². The van der Waals surface area contributed by atoms with Crippen LogP contribution in [0, 0.1) is 5.92 Å². The Bertz CT molecular complexity index is 585. The van der Waals surface area contributed by atoms with Crippen LogP contribution in [0.2, 0.25) is 0 Å². The molecule has 1 aliphatic heterocycles. The van der Waals surface area contributed by atoms with Crippen LogP contribution >= 0.6 is 15.9 Å². The minimum absolute atomic E-state index is 0.0149. The van der Waals surface area contributed by atoms with Crippen LogP contribution in [0.3, 0.4) is 0 Å². The highest BCUT2D eigenvalue weighted by Crippen LogP contribution is 2.25. The predicted molar refractivity (Wildman–Crippen MR) is 98.9 cm³/mol. The van der Waals surface area contributed by atoms with E-state index in [0.717, 1.165) is 43.2 Å². The molecule has 1 aliphatic rings. The van der Waals surface area contributed by atoms with Gasteiger partial charge in [-0.15, -0.1) is 0 Å². The number of aromatic nitrogens is 1. The number of carbonyl (C=O) groups excluding carboxylic acids is 2. The summed E-state index contributed by atoms with van der Waals surface area (Å²) in [6.07, 6.45) is 5.70. The molecular formula is C18H28BrN3O2. The van der Waals surface area contributed by atoms with E-state index in [1.807, 2.05) is 28.7 Å². The van der Waals surface area contributed by atoms with Gasteiger partial charge in [0, 0.05) is 36.3 Å². The first-order valence-corrected chi connectivity index (χ1v) is 9.71. The lowest BCUT2D eigenvalue weighted by Gasteiger charge is -2.37. The molecule has 2 amide bonds. The molecule has 24 heavy (non-hydrogen) atoms. The van der Waals surface area contributed by atoms with E-state index in [-0.39, 0.29) is 23.8 Å². The van der Waals surface area contributed by atoms with Gasteiger partial charge in [0.2, 0.25) is 5.91 Å². The molecule has 5 nitrogen and oxygen atoms in total. The number of nitrogens with zero attached hydrogens (tertiary/aromatic N) is 2. The number of carbonyl (C=O) groups is 2. The van der Waals surface area contributed by atoms with Crippen molar-refractivity contribution >= 4 is 27.7 Å². The maximum absolute atomic E-state index is 13.0. The number of nitrogens with one attached hydrogen (secondary N) is 1. The number of likely N-dealkylation sites (tertiary alicyclic amines) is 1. The first-order chi connectivity index (χ1) is 11.5. The standard InChI is InChI=1S/C18H28BrN3O2/c1-4-6-9-20-17(23)14-8-7-13(3)22(11-14)18(24)16-10-15(19)12-21(16)5-2/h10,12-14H,4-9,11H2,1-3H3,(H,20,23). The molecule has 0 radical (unpaired) electrons. The Morgan fingerprint density at radius 1 is 1.33 bits per heavy atom. The van der Waals surface area contributed by atoms with Crippen molar-refractivity contribution in [2.24, 2.45) is 5.92 Å². The normalized spacial score (nSPS) is 20.9. The average molecular weight is 398 g/mol. The summed E-state index contributed by atoms with van der Waals surface area (Å²) in [6, 6.07) is 2.03. The predicted octanol–water partition coefficient (Wildman–Crippen LogP) is 3.43. The Kier molecular flexibility index (Phi) is 6.90. The molecule has 1 N–H and O–H groups in total. The van der Waals surface area contributed by atoms with Gasteiger partial charge < -0.3 is 14.8 Å². The van der Waals surface area contributed by atoms with Crippen molar-refractivity contribution in [3.05, 3.63) is 22.4 Å². The zero-order valence-electron chi connectivity index (χ0n) is 14.8. The third-order valence-electron chi connectivity index (χ3n) is 4.77. The number of amides is 2. The Labute approximate surface area is 152 Å². The fourth-order valence-electron chi connectivity index (χ4n) is 3.20. The molecule has 0 aromatic carbocycles. The third-order valence-corrected chi connectivity index (χ3v) is 5.20. The highest BCUT2D eigenvalue weighted by molar-refractivity contribution is 9.10. The highest BCUT2D eigenvalue weighted by atomic mass is 79.9. The molecule has 0 aliphatic carbocycles. The zero-order chi connectivity index (χ0) is 17.7. The second-order valence-corrected chi connectivity index (χ2v) is 7.47. The average Bonchev–Trinajstić information content (AvgIpc) is 2.95. The first-order valence-electron chi connectivity index (χ1n) is 8.92. The maximum Gasteiger partial charge on any atom is 0.270 e. The number of hydrogen-bond donors (Lipinski definition) is 1.